The molecule has 0 saturated heterocycles. The van der Waals surface area contributed by atoms with E-state index in [1.54, 1.807) is 0 Å². The minimum absolute atomic E-state index is 0.0612. The number of benzene rings is 3. The maximum Gasteiger partial charge on any atom is 0.262 e. The molecule has 0 aliphatic heterocycles. The van der Waals surface area contributed by atoms with Gasteiger partial charge in [0.25, 0.3) is 5.91 Å². The molecule has 1 amide bonds. The molecule has 5 heteroatoms. The number of amides is 1. The second-order valence-corrected chi connectivity index (χ2v) is 8.25. The zero-order chi connectivity index (χ0) is 22.7. The van der Waals surface area contributed by atoms with Crippen LogP contribution in [-0.4, -0.2) is 17.5 Å². The van der Waals surface area contributed by atoms with Crippen molar-refractivity contribution < 1.29 is 13.9 Å². The molecule has 164 valence electrons. The number of nitrogens with zero attached hydrogens (tertiary/aromatic N) is 1. The number of carbonyl (C=O) groups is 1. The molecule has 0 saturated carbocycles. The Morgan fingerprint density at radius 2 is 1.88 bits per heavy atom. The van der Waals surface area contributed by atoms with Crippen LogP contribution in [-0.2, 0) is 4.79 Å². The van der Waals surface area contributed by atoms with E-state index in [4.69, 9.17) is 9.15 Å². The number of ether oxygens (including phenoxy) is 1. The fourth-order valence-corrected chi connectivity index (χ4v) is 3.70. The molecular weight excluding hydrogens is 400 g/mol. The number of fused-ring (bicyclic) bond motifs is 1. The first kappa shape index (κ1) is 21.6. The summed E-state index contributed by atoms with van der Waals surface area (Å²) in [5.41, 5.74) is 6.55. The van der Waals surface area contributed by atoms with E-state index in [1.807, 2.05) is 56.3 Å². The van der Waals surface area contributed by atoms with Gasteiger partial charge in [-0.25, -0.2) is 4.98 Å². The number of nitrogens with one attached hydrogen (secondary N) is 1. The molecule has 1 heterocycles. The molecule has 1 unspecified atom stereocenters. The second kappa shape index (κ2) is 9.27. The van der Waals surface area contributed by atoms with Gasteiger partial charge < -0.3 is 14.5 Å². The van der Waals surface area contributed by atoms with Crippen molar-refractivity contribution in [2.45, 2.75) is 40.0 Å². The molecule has 0 bridgehead atoms. The van der Waals surface area contributed by atoms with Gasteiger partial charge in [-0.2, -0.15) is 0 Å². The molecule has 0 aliphatic rings. The number of rotatable bonds is 7. The van der Waals surface area contributed by atoms with Gasteiger partial charge in [-0.3, -0.25) is 4.79 Å². The maximum atomic E-state index is 12.4. The monoisotopic (exact) mass is 428 g/mol. The number of aromatic nitrogens is 1. The molecule has 0 fully saturated rings. The Hall–Kier alpha value is -3.60. The molecule has 4 rings (SSSR count). The Bertz CT molecular complexity index is 1240. The van der Waals surface area contributed by atoms with E-state index in [2.05, 4.69) is 42.3 Å². The molecule has 0 aliphatic carbocycles. The van der Waals surface area contributed by atoms with Gasteiger partial charge in [0.2, 0.25) is 5.89 Å². The van der Waals surface area contributed by atoms with Crippen LogP contribution in [0.25, 0.3) is 22.6 Å². The van der Waals surface area contributed by atoms with E-state index in [0.717, 1.165) is 34.2 Å². The number of hydrogen-bond donors (Lipinski definition) is 1. The number of carbonyl (C=O) groups excluding carboxylic acids is 1. The molecule has 1 N–H and O–H groups in total. The van der Waals surface area contributed by atoms with Crippen molar-refractivity contribution in [2.24, 2.45) is 0 Å². The molecule has 0 radical (unpaired) electrons. The highest BCUT2D eigenvalue weighted by Gasteiger charge is 2.12. The van der Waals surface area contributed by atoms with E-state index < -0.39 is 0 Å². The van der Waals surface area contributed by atoms with Crippen LogP contribution in [0.2, 0.25) is 0 Å². The van der Waals surface area contributed by atoms with Gasteiger partial charge >= 0.3 is 0 Å². The highest BCUT2D eigenvalue weighted by Crippen LogP contribution is 2.29. The largest absolute Gasteiger partial charge is 0.484 e. The smallest absolute Gasteiger partial charge is 0.262 e. The topological polar surface area (TPSA) is 64.4 Å². The molecule has 3 aromatic carbocycles. The van der Waals surface area contributed by atoms with Crippen LogP contribution in [0.4, 0.5) is 5.69 Å². The Labute approximate surface area is 188 Å². The first-order chi connectivity index (χ1) is 15.4. The minimum atomic E-state index is -0.225. The summed E-state index contributed by atoms with van der Waals surface area (Å²) in [6, 6.07) is 19.5. The lowest BCUT2D eigenvalue weighted by molar-refractivity contribution is -0.118. The lowest BCUT2D eigenvalue weighted by atomic mass is 9.99. The fourth-order valence-electron chi connectivity index (χ4n) is 3.70. The van der Waals surface area contributed by atoms with Crippen LogP contribution in [0, 0.1) is 13.8 Å². The van der Waals surface area contributed by atoms with Crippen LogP contribution >= 0.6 is 0 Å². The SMILES string of the molecule is CCC(C)c1ccc(OCC(=O)Nc2cccc(-c3nc4cc(C)cc(C)c4o3)c2)cc1. The van der Waals surface area contributed by atoms with Gasteiger partial charge in [0.15, 0.2) is 12.2 Å². The summed E-state index contributed by atoms with van der Waals surface area (Å²) in [5, 5.41) is 2.88. The van der Waals surface area contributed by atoms with E-state index >= 15 is 0 Å². The Balaban J connectivity index is 1.41. The maximum absolute atomic E-state index is 12.4. The third-order valence-corrected chi connectivity index (χ3v) is 5.64. The molecule has 1 aromatic heterocycles. The van der Waals surface area contributed by atoms with E-state index in [-0.39, 0.29) is 12.5 Å². The van der Waals surface area contributed by atoms with E-state index in [9.17, 15) is 4.79 Å². The van der Waals surface area contributed by atoms with Crippen LogP contribution in [0.1, 0.15) is 42.9 Å². The van der Waals surface area contributed by atoms with Gasteiger partial charge in [0.1, 0.15) is 11.3 Å². The third kappa shape index (κ3) is 4.83. The molecule has 4 aromatic rings. The molecule has 1 atom stereocenters. The third-order valence-electron chi connectivity index (χ3n) is 5.64. The molecule has 5 nitrogen and oxygen atoms in total. The van der Waals surface area contributed by atoms with Crippen molar-refractivity contribution in [1.29, 1.82) is 0 Å². The van der Waals surface area contributed by atoms with E-state index in [0.29, 0.717) is 23.2 Å². The number of oxazole rings is 1. The van der Waals surface area contributed by atoms with Crippen LogP contribution in [0.3, 0.4) is 0 Å². The fraction of sp³-hybridized carbons (Fsp3) is 0.259. The summed E-state index contributed by atoms with van der Waals surface area (Å²) in [5.74, 6) is 1.49. The van der Waals surface area contributed by atoms with Crippen molar-refractivity contribution in [3.8, 4) is 17.2 Å². The van der Waals surface area contributed by atoms with Gasteiger partial charge in [0, 0.05) is 11.3 Å². The number of hydrogen-bond acceptors (Lipinski definition) is 4. The Morgan fingerprint density at radius 1 is 1.09 bits per heavy atom. The van der Waals surface area contributed by atoms with Crippen molar-refractivity contribution in [3.05, 3.63) is 77.4 Å². The van der Waals surface area contributed by atoms with Crippen LogP contribution in [0.15, 0.2) is 65.1 Å². The molecule has 32 heavy (non-hydrogen) atoms. The van der Waals surface area contributed by atoms with Gasteiger partial charge in [0.05, 0.1) is 0 Å². The normalized spacial score (nSPS) is 12.0. The highest BCUT2D eigenvalue weighted by molar-refractivity contribution is 5.92. The Morgan fingerprint density at radius 3 is 2.62 bits per heavy atom. The lowest BCUT2D eigenvalue weighted by Gasteiger charge is -2.11. The van der Waals surface area contributed by atoms with Gasteiger partial charge in [-0.05, 0) is 79.3 Å². The predicted molar refractivity (Wildman–Crippen MR) is 128 cm³/mol. The predicted octanol–water partition coefficient (Wildman–Crippen LogP) is 6.64. The summed E-state index contributed by atoms with van der Waals surface area (Å²) in [6.45, 7) is 8.35. The lowest BCUT2D eigenvalue weighted by Crippen LogP contribution is -2.20. The highest BCUT2D eigenvalue weighted by atomic mass is 16.5. The average Bonchev–Trinajstić information content (AvgIpc) is 3.22. The standard InChI is InChI=1S/C27H28N2O3/c1-5-18(3)20-9-11-23(12-10-20)31-16-25(30)28-22-8-6-7-21(15-22)27-29-24-14-17(2)13-19(4)26(24)32-27/h6-15,18H,5,16H2,1-4H3,(H,28,30). The van der Waals surface area contributed by atoms with Crippen molar-refractivity contribution >= 4 is 22.7 Å². The van der Waals surface area contributed by atoms with Crippen molar-refractivity contribution in [1.82, 2.24) is 4.98 Å². The van der Waals surface area contributed by atoms with Crippen LogP contribution < -0.4 is 10.1 Å². The molecular formula is C27H28N2O3. The number of aryl methyl sites for hydroxylation is 2. The summed E-state index contributed by atoms with van der Waals surface area (Å²) in [7, 11) is 0. The van der Waals surface area contributed by atoms with Crippen molar-refractivity contribution in [3.63, 3.8) is 0 Å². The second-order valence-electron chi connectivity index (χ2n) is 8.25. The first-order valence-corrected chi connectivity index (χ1v) is 10.9. The van der Waals surface area contributed by atoms with Gasteiger partial charge in [-0.1, -0.05) is 38.1 Å². The summed E-state index contributed by atoms with van der Waals surface area (Å²) >= 11 is 0. The quantitative estimate of drug-likeness (QED) is 0.358. The zero-order valence-corrected chi connectivity index (χ0v) is 18.9. The Kier molecular flexibility index (Phi) is 6.26. The summed E-state index contributed by atoms with van der Waals surface area (Å²) in [4.78, 5) is 17.0. The van der Waals surface area contributed by atoms with Crippen molar-refractivity contribution in [2.75, 3.05) is 11.9 Å². The molecule has 0 spiro atoms. The van der Waals surface area contributed by atoms with Crippen LogP contribution in [0.5, 0.6) is 5.75 Å². The zero-order valence-electron chi connectivity index (χ0n) is 18.9. The first-order valence-electron chi connectivity index (χ1n) is 10.9. The van der Waals surface area contributed by atoms with E-state index in [1.165, 1.54) is 5.56 Å². The summed E-state index contributed by atoms with van der Waals surface area (Å²) in [6.07, 6.45) is 1.09. The number of anilines is 1. The minimum Gasteiger partial charge on any atom is -0.484 e. The average molecular weight is 429 g/mol. The van der Waals surface area contributed by atoms with Gasteiger partial charge in [-0.15, -0.1) is 0 Å². The summed E-state index contributed by atoms with van der Waals surface area (Å²) < 4.78 is 11.6.